The molecule has 0 unspecified atom stereocenters. The van der Waals surface area contributed by atoms with Crippen molar-refractivity contribution in [3.05, 3.63) is 47.3 Å². The maximum atomic E-state index is 12.5. The highest BCUT2D eigenvalue weighted by molar-refractivity contribution is 7.99. The van der Waals surface area contributed by atoms with E-state index in [2.05, 4.69) is 27.4 Å². The van der Waals surface area contributed by atoms with E-state index < -0.39 is 0 Å². The molecule has 1 fully saturated rings. The Morgan fingerprint density at radius 2 is 1.75 bits per heavy atom. The number of aromatic nitrogens is 2. The second kappa shape index (κ2) is 9.41. The van der Waals surface area contributed by atoms with Gasteiger partial charge in [0.25, 0.3) is 0 Å². The summed E-state index contributed by atoms with van der Waals surface area (Å²) < 4.78 is 5.29. The molecule has 0 bridgehead atoms. The molecule has 1 aliphatic carbocycles. The lowest BCUT2D eigenvalue weighted by molar-refractivity contribution is -0.118. The number of carbonyl (C=O) groups is 1. The van der Waals surface area contributed by atoms with Gasteiger partial charge < -0.3 is 10.1 Å². The Balaban J connectivity index is 1.62. The number of nitrogens with zero attached hydrogens (tertiary/aromatic N) is 2. The van der Waals surface area contributed by atoms with Gasteiger partial charge in [-0.3, -0.25) is 4.79 Å². The van der Waals surface area contributed by atoms with E-state index in [0.717, 1.165) is 30.0 Å². The molecule has 0 radical (unpaired) electrons. The van der Waals surface area contributed by atoms with Gasteiger partial charge in [-0.05, 0) is 50.5 Å². The van der Waals surface area contributed by atoms with E-state index in [1.54, 1.807) is 7.11 Å². The highest BCUT2D eigenvalue weighted by atomic mass is 32.2. The molecule has 1 aliphatic rings. The van der Waals surface area contributed by atoms with Gasteiger partial charge in [-0.1, -0.05) is 43.2 Å². The number of hydrogen-bond donors (Lipinski definition) is 1. The van der Waals surface area contributed by atoms with Gasteiger partial charge in [0.2, 0.25) is 5.91 Å². The highest BCUT2D eigenvalue weighted by Crippen LogP contribution is 2.39. The van der Waals surface area contributed by atoms with Gasteiger partial charge >= 0.3 is 0 Å². The molecule has 3 rings (SSSR count). The Hall–Kier alpha value is -2.08. The average Bonchev–Trinajstić information content (AvgIpc) is 2.71. The number of methoxy groups -OCH3 is 1. The predicted molar refractivity (Wildman–Crippen MR) is 113 cm³/mol. The number of aryl methyl sites for hydroxylation is 2. The molecular weight excluding hydrogens is 370 g/mol. The molecule has 1 saturated carbocycles. The van der Waals surface area contributed by atoms with Gasteiger partial charge in [0, 0.05) is 23.3 Å². The molecule has 0 spiro atoms. The number of thioether (sulfide) groups is 1. The molecule has 6 heteroatoms. The predicted octanol–water partition coefficient (Wildman–Crippen LogP) is 4.21. The number of nitrogens with one attached hydrogen (secondary N) is 1. The summed E-state index contributed by atoms with van der Waals surface area (Å²) in [4.78, 5) is 21.3. The monoisotopic (exact) mass is 399 g/mol. The highest BCUT2D eigenvalue weighted by Gasteiger charge is 2.34. The fourth-order valence-corrected chi connectivity index (χ4v) is 4.73. The molecule has 0 atom stereocenters. The maximum Gasteiger partial charge on any atom is 0.230 e. The third-order valence-corrected chi connectivity index (χ3v) is 6.28. The van der Waals surface area contributed by atoms with Gasteiger partial charge in [0.15, 0.2) is 5.16 Å². The van der Waals surface area contributed by atoms with Gasteiger partial charge in [-0.2, -0.15) is 0 Å². The van der Waals surface area contributed by atoms with E-state index in [1.165, 1.54) is 36.6 Å². The standard InChI is InChI=1S/C22H29N3O2S/c1-16-13-17(2)25-21(24-16)28-14-20(26)23-15-22(11-5-4-6-12-22)18-7-9-19(27-3)10-8-18/h7-10,13H,4-6,11-12,14-15H2,1-3H3,(H,23,26). The van der Waals surface area contributed by atoms with Crippen molar-refractivity contribution in [1.82, 2.24) is 15.3 Å². The summed E-state index contributed by atoms with van der Waals surface area (Å²) in [5.74, 6) is 1.23. The smallest absolute Gasteiger partial charge is 0.230 e. The molecule has 0 saturated heterocycles. The van der Waals surface area contributed by atoms with Crippen LogP contribution in [0.3, 0.4) is 0 Å². The summed E-state index contributed by atoms with van der Waals surface area (Å²) in [5, 5.41) is 3.84. The summed E-state index contributed by atoms with van der Waals surface area (Å²) in [6.07, 6.45) is 5.88. The molecule has 5 nitrogen and oxygen atoms in total. The minimum atomic E-state index is 0.0152. The second-order valence-electron chi connectivity index (χ2n) is 7.57. The van der Waals surface area contributed by atoms with Crippen molar-refractivity contribution in [2.24, 2.45) is 0 Å². The lowest BCUT2D eigenvalue weighted by atomic mass is 9.69. The van der Waals surface area contributed by atoms with Gasteiger partial charge in [-0.25, -0.2) is 9.97 Å². The van der Waals surface area contributed by atoms with E-state index in [0.29, 0.717) is 17.5 Å². The molecule has 1 aromatic carbocycles. The Morgan fingerprint density at radius 3 is 2.36 bits per heavy atom. The summed E-state index contributed by atoms with van der Waals surface area (Å²) in [6.45, 7) is 4.56. The maximum absolute atomic E-state index is 12.5. The van der Waals surface area contributed by atoms with Crippen LogP contribution in [0.25, 0.3) is 0 Å². The van der Waals surface area contributed by atoms with Crippen molar-refractivity contribution in [3.63, 3.8) is 0 Å². The van der Waals surface area contributed by atoms with Crippen LogP contribution in [-0.4, -0.2) is 35.3 Å². The van der Waals surface area contributed by atoms with Crippen LogP contribution in [0.5, 0.6) is 5.75 Å². The van der Waals surface area contributed by atoms with E-state index in [4.69, 9.17) is 4.74 Å². The second-order valence-corrected chi connectivity index (χ2v) is 8.51. The molecule has 1 amide bonds. The van der Waals surface area contributed by atoms with E-state index in [9.17, 15) is 4.79 Å². The minimum absolute atomic E-state index is 0.0152. The van der Waals surface area contributed by atoms with Crippen molar-refractivity contribution in [2.75, 3.05) is 19.4 Å². The van der Waals surface area contributed by atoms with Crippen molar-refractivity contribution >= 4 is 17.7 Å². The van der Waals surface area contributed by atoms with Crippen LogP contribution >= 0.6 is 11.8 Å². The van der Waals surface area contributed by atoms with Crippen LogP contribution in [0.4, 0.5) is 0 Å². The third-order valence-electron chi connectivity index (χ3n) is 5.43. The number of benzene rings is 1. The first-order valence-corrected chi connectivity index (χ1v) is 10.9. The summed E-state index contributed by atoms with van der Waals surface area (Å²) >= 11 is 1.39. The molecule has 1 heterocycles. The van der Waals surface area contributed by atoms with Crippen molar-refractivity contribution in [3.8, 4) is 5.75 Å². The fourth-order valence-electron chi connectivity index (χ4n) is 3.95. The first kappa shape index (κ1) is 20.6. The average molecular weight is 400 g/mol. The number of ether oxygens (including phenoxy) is 1. The molecule has 28 heavy (non-hydrogen) atoms. The topological polar surface area (TPSA) is 64.1 Å². The third kappa shape index (κ3) is 5.25. The summed E-state index contributed by atoms with van der Waals surface area (Å²) in [7, 11) is 1.68. The van der Waals surface area contributed by atoms with Gasteiger partial charge in [0.05, 0.1) is 12.9 Å². The largest absolute Gasteiger partial charge is 0.497 e. The van der Waals surface area contributed by atoms with Crippen molar-refractivity contribution in [2.45, 2.75) is 56.5 Å². The summed E-state index contributed by atoms with van der Waals surface area (Å²) in [6, 6.07) is 10.3. The van der Waals surface area contributed by atoms with Crippen LogP contribution in [0, 0.1) is 13.8 Å². The lowest BCUT2D eigenvalue weighted by Gasteiger charge is -2.38. The summed E-state index contributed by atoms with van der Waals surface area (Å²) in [5.41, 5.74) is 3.16. The van der Waals surface area contributed by atoms with Gasteiger partial charge in [0.1, 0.15) is 5.75 Å². The Morgan fingerprint density at radius 1 is 1.11 bits per heavy atom. The van der Waals surface area contributed by atoms with Gasteiger partial charge in [-0.15, -0.1) is 0 Å². The Kier molecular flexibility index (Phi) is 6.94. The fraction of sp³-hybridized carbons (Fsp3) is 0.500. The van der Waals surface area contributed by atoms with E-state index in [1.807, 2.05) is 32.0 Å². The van der Waals surface area contributed by atoms with Crippen LogP contribution < -0.4 is 10.1 Å². The zero-order chi connectivity index (χ0) is 20.0. The molecule has 150 valence electrons. The lowest BCUT2D eigenvalue weighted by Crippen LogP contribution is -2.42. The minimum Gasteiger partial charge on any atom is -0.497 e. The zero-order valence-corrected chi connectivity index (χ0v) is 17.8. The van der Waals surface area contributed by atoms with Crippen molar-refractivity contribution in [1.29, 1.82) is 0 Å². The normalized spacial score (nSPS) is 15.8. The molecule has 1 N–H and O–H groups in total. The SMILES string of the molecule is COc1ccc(C2(CNC(=O)CSc3nc(C)cc(C)n3)CCCCC2)cc1. The molecular formula is C22H29N3O2S. The Bertz CT molecular complexity index is 782. The first-order valence-electron chi connectivity index (χ1n) is 9.87. The van der Waals surface area contributed by atoms with Crippen molar-refractivity contribution < 1.29 is 9.53 Å². The van der Waals surface area contributed by atoms with Crippen LogP contribution in [-0.2, 0) is 10.2 Å². The van der Waals surface area contributed by atoms with Crippen LogP contribution in [0.1, 0.15) is 49.1 Å². The zero-order valence-electron chi connectivity index (χ0n) is 17.0. The Labute approximate surface area is 171 Å². The molecule has 2 aromatic rings. The van der Waals surface area contributed by atoms with E-state index >= 15 is 0 Å². The van der Waals surface area contributed by atoms with Crippen LogP contribution in [0.15, 0.2) is 35.5 Å². The number of amides is 1. The quantitative estimate of drug-likeness (QED) is 0.558. The number of rotatable bonds is 7. The molecule has 0 aliphatic heterocycles. The number of hydrogen-bond acceptors (Lipinski definition) is 5. The first-order chi connectivity index (χ1) is 13.5. The molecule has 1 aromatic heterocycles. The van der Waals surface area contributed by atoms with Crippen LogP contribution in [0.2, 0.25) is 0 Å². The number of carbonyl (C=O) groups excluding carboxylic acids is 1. The van der Waals surface area contributed by atoms with E-state index in [-0.39, 0.29) is 11.3 Å².